The summed E-state index contributed by atoms with van der Waals surface area (Å²) in [4.78, 5) is 17.4. The van der Waals surface area contributed by atoms with Crippen LogP contribution in [-0.2, 0) is 4.79 Å². The van der Waals surface area contributed by atoms with Gasteiger partial charge in [0.25, 0.3) is 0 Å². The Morgan fingerprint density at radius 2 is 2.24 bits per heavy atom. The minimum atomic E-state index is 0.0424. The summed E-state index contributed by atoms with van der Waals surface area (Å²) < 4.78 is 0. The Hall–Kier alpha value is -1.78. The van der Waals surface area contributed by atoms with Crippen molar-refractivity contribution < 1.29 is 4.79 Å². The van der Waals surface area contributed by atoms with Crippen molar-refractivity contribution >= 4 is 17.4 Å². The van der Waals surface area contributed by atoms with E-state index in [0.29, 0.717) is 5.69 Å². The molecular formula is C12H18N4O. The molecule has 2 rings (SSSR count). The van der Waals surface area contributed by atoms with Crippen molar-refractivity contribution in [2.45, 2.75) is 25.8 Å². The van der Waals surface area contributed by atoms with Gasteiger partial charge in [0.1, 0.15) is 0 Å². The lowest BCUT2D eigenvalue weighted by molar-refractivity contribution is -0.119. The zero-order valence-corrected chi connectivity index (χ0v) is 10.0. The number of nitrogens with two attached hydrogens (primary N) is 1. The highest BCUT2D eigenvalue weighted by Gasteiger charge is 2.21. The molecule has 1 aromatic heterocycles. The summed E-state index contributed by atoms with van der Waals surface area (Å²) >= 11 is 0. The van der Waals surface area contributed by atoms with E-state index in [1.807, 2.05) is 12.1 Å². The zero-order chi connectivity index (χ0) is 12.3. The average Bonchev–Trinajstić information content (AvgIpc) is 2.30. The second kappa shape index (κ2) is 5.03. The van der Waals surface area contributed by atoms with Gasteiger partial charge in [-0.1, -0.05) is 0 Å². The summed E-state index contributed by atoms with van der Waals surface area (Å²) in [6.45, 7) is 3.32. The molecule has 1 fully saturated rings. The largest absolute Gasteiger partial charge is 0.396 e. The van der Waals surface area contributed by atoms with Crippen LogP contribution in [-0.4, -0.2) is 30.0 Å². The van der Waals surface area contributed by atoms with E-state index in [1.165, 1.54) is 0 Å². The molecule has 2 heterocycles. The van der Waals surface area contributed by atoms with Crippen LogP contribution in [0, 0.1) is 0 Å². The van der Waals surface area contributed by atoms with Gasteiger partial charge in [0.2, 0.25) is 5.91 Å². The number of nitrogens with zero attached hydrogens (tertiary/aromatic N) is 2. The van der Waals surface area contributed by atoms with Gasteiger partial charge in [-0.05, 0) is 25.0 Å². The number of rotatable bonds is 2. The first-order valence-electron chi connectivity index (χ1n) is 5.89. The minimum absolute atomic E-state index is 0.0424. The van der Waals surface area contributed by atoms with Gasteiger partial charge in [0.15, 0.2) is 5.82 Å². The fraction of sp³-hybridized carbons (Fsp3) is 0.500. The highest BCUT2D eigenvalue weighted by molar-refractivity contribution is 5.73. The number of carbonyl (C=O) groups is 1. The van der Waals surface area contributed by atoms with Crippen molar-refractivity contribution in [3.63, 3.8) is 0 Å². The Bertz CT molecular complexity index is 399. The van der Waals surface area contributed by atoms with E-state index >= 15 is 0 Å². The summed E-state index contributed by atoms with van der Waals surface area (Å²) in [7, 11) is 0. The second-order valence-corrected chi connectivity index (χ2v) is 4.38. The van der Waals surface area contributed by atoms with Crippen molar-refractivity contribution in [2.75, 3.05) is 23.7 Å². The Morgan fingerprint density at radius 3 is 2.82 bits per heavy atom. The summed E-state index contributed by atoms with van der Waals surface area (Å²) in [5.74, 6) is 0.898. The van der Waals surface area contributed by atoms with Gasteiger partial charge in [-0.3, -0.25) is 4.79 Å². The number of aromatic nitrogens is 1. The monoisotopic (exact) mass is 234 g/mol. The molecule has 1 aliphatic heterocycles. The average molecular weight is 234 g/mol. The van der Waals surface area contributed by atoms with Gasteiger partial charge in [-0.2, -0.15) is 0 Å². The fourth-order valence-electron chi connectivity index (χ4n) is 2.20. The van der Waals surface area contributed by atoms with Gasteiger partial charge >= 0.3 is 0 Å². The third kappa shape index (κ3) is 2.87. The number of pyridine rings is 1. The van der Waals surface area contributed by atoms with Crippen molar-refractivity contribution in [3.8, 4) is 0 Å². The minimum Gasteiger partial charge on any atom is -0.396 e. The van der Waals surface area contributed by atoms with E-state index in [2.05, 4.69) is 15.2 Å². The number of hydrogen-bond acceptors (Lipinski definition) is 4. The van der Waals surface area contributed by atoms with Gasteiger partial charge in [-0.15, -0.1) is 0 Å². The molecule has 3 N–H and O–H groups in total. The maximum Gasteiger partial charge on any atom is 0.217 e. The van der Waals surface area contributed by atoms with Crippen LogP contribution >= 0.6 is 0 Å². The van der Waals surface area contributed by atoms with E-state index in [4.69, 9.17) is 5.73 Å². The first-order valence-corrected chi connectivity index (χ1v) is 5.89. The van der Waals surface area contributed by atoms with Gasteiger partial charge < -0.3 is 16.0 Å². The number of nitrogens with one attached hydrogen (secondary N) is 1. The highest BCUT2D eigenvalue weighted by Crippen LogP contribution is 2.23. The topological polar surface area (TPSA) is 71.2 Å². The number of nitrogen functional groups attached to an aromatic ring is 1. The molecule has 0 atom stereocenters. The number of carbonyl (C=O) groups excluding carboxylic acids is 1. The molecule has 0 unspecified atom stereocenters. The molecule has 0 aromatic carbocycles. The lowest BCUT2D eigenvalue weighted by Gasteiger charge is -2.33. The normalized spacial score (nSPS) is 16.9. The first kappa shape index (κ1) is 11.7. The molecule has 1 saturated heterocycles. The summed E-state index contributed by atoms with van der Waals surface area (Å²) in [6, 6.07) is 3.99. The SMILES string of the molecule is CC(=O)NC1CCN(c2ncccc2N)CC1. The van der Waals surface area contributed by atoms with Crippen molar-refractivity contribution in [1.82, 2.24) is 10.3 Å². The van der Waals surface area contributed by atoms with E-state index in [-0.39, 0.29) is 11.9 Å². The molecule has 0 saturated carbocycles. The maximum absolute atomic E-state index is 11.0. The van der Waals surface area contributed by atoms with E-state index in [1.54, 1.807) is 13.1 Å². The van der Waals surface area contributed by atoms with Crippen LogP contribution in [0.2, 0.25) is 0 Å². The molecule has 0 spiro atoms. The predicted octanol–water partition coefficient (Wildman–Crippen LogP) is 0.769. The molecule has 92 valence electrons. The standard InChI is InChI=1S/C12H18N4O/c1-9(17)15-10-4-7-16(8-5-10)12-11(13)3-2-6-14-12/h2-3,6,10H,4-5,7-8,13H2,1H3,(H,15,17). The van der Waals surface area contributed by atoms with Gasteiger partial charge in [0.05, 0.1) is 5.69 Å². The van der Waals surface area contributed by atoms with Crippen LogP contribution in [0.4, 0.5) is 11.5 Å². The molecule has 5 nitrogen and oxygen atoms in total. The quantitative estimate of drug-likeness (QED) is 0.793. The van der Waals surface area contributed by atoms with Crippen LogP contribution < -0.4 is 16.0 Å². The Labute approximate surface area is 101 Å². The Kier molecular flexibility index (Phi) is 3.46. The second-order valence-electron chi connectivity index (χ2n) is 4.38. The number of anilines is 2. The fourth-order valence-corrected chi connectivity index (χ4v) is 2.20. The molecule has 1 amide bonds. The molecule has 1 aromatic rings. The van der Waals surface area contributed by atoms with E-state index in [0.717, 1.165) is 31.7 Å². The number of amides is 1. The van der Waals surface area contributed by atoms with Crippen LogP contribution in [0.3, 0.4) is 0 Å². The van der Waals surface area contributed by atoms with Gasteiger partial charge in [-0.25, -0.2) is 4.98 Å². The first-order chi connectivity index (χ1) is 8.16. The Morgan fingerprint density at radius 1 is 1.53 bits per heavy atom. The molecule has 17 heavy (non-hydrogen) atoms. The summed E-state index contributed by atoms with van der Waals surface area (Å²) in [5, 5.41) is 2.95. The predicted molar refractivity (Wildman–Crippen MR) is 67.7 cm³/mol. The van der Waals surface area contributed by atoms with Crippen LogP contribution in [0.25, 0.3) is 0 Å². The third-order valence-electron chi connectivity index (χ3n) is 3.02. The molecule has 5 heteroatoms. The molecule has 0 aliphatic carbocycles. The lowest BCUT2D eigenvalue weighted by Crippen LogP contribution is -2.44. The number of piperidine rings is 1. The van der Waals surface area contributed by atoms with Gasteiger partial charge in [0, 0.05) is 32.3 Å². The molecular weight excluding hydrogens is 216 g/mol. The maximum atomic E-state index is 11.0. The van der Waals surface area contributed by atoms with Crippen LogP contribution in [0.5, 0.6) is 0 Å². The lowest BCUT2D eigenvalue weighted by atomic mass is 10.0. The zero-order valence-electron chi connectivity index (χ0n) is 10.0. The summed E-state index contributed by atoms with van der Waals surface area (Å²) in [5.41, 5.74) is 6.61. The van der Waals surface area contributed by atoms with E-state index < -0.39 is 0 Å². The van der Waals surface area contributed by atoms with Crippen molar-refractivity contribution in [1.29, 1.82) is 0 Å². The van der Waals surface area contributed by atoms with Crippen molar-refractivity contribution in [3.05, 3.63) is 18.3 Å². The Balaban J connectivity index is 1.95. The molecule has 0 bridgehead atoms. The molecule has 0 radical (unpaired) electrons. The molecule has 1 aliphatic rings. The highest BCUT2D eigenvalue weighted by atomic mass is 16.1. The third-order valence-corrected chi connectivity index (χ3v) is 3.02. The van der Waals surface area contributed by atoms with Crippen LogP contribution in [0.15, 0.2) is 18.3 Å². The summed E-state index contributed by atoms with van der Waals surface area (Å²) in [6.07, 6.45) is 3.64. The van der Waals surface area contributed by atoms with E-state index in [9.17, 15) is 4.79 Å². The smallest absolute Gasteiger partial charge is 0.217 e. The number of hydrogen-bond donors (Lipinski definition) is 2. The van der Waals surface area contributed by atoms with Crippen molar-refractivity contribution in [2.24, 2.45) is 0 Å². The van der Waals surface area contributed by atoms with Crippen LogP contribution in [0.1, 0.15) is 19.8 Å².